The summed E-state index contributed by atoms with van der Waals surface area (Å²) in [6.45, 7) is 2.10. The Hall–Kier alpha value is -0.370. The lowest BCUT2D eigenvalue weighted by Crippen LogP contribution is -2.48. The number of ketones is 1. The molecule has 2 heteroatoms. The maximum Gasteiger partial charge on any atom is 0.136 e. The third kappa shape index (κ3) is 1.32. The first-order chi connectivity index (χ1) is 6.14. The molecule has 3 atom stereocenters. The van der Waals surface area contributed by atoms with Crippen LogP contribution in [0.4, 0.5) is 0 Å². The molecule has 1 N–H and O–H groups in total. The topological polar surface area (TPSA) is 37.3 Å². The summed E-state index contributed by atoms with van der Waals surface area (Å²) in [4.78, 5) is 11.7. The van der Waals surface area contributed by atoms with E-state index < -0.39 is 0 Å². The van der Waals surface area contributed by atoms with E-state index in [1.54, 1.807) is 0 Å². The molecule has 0 saturated heterocycles. The van der Waals surface area contributed by atoms with Crippen molar-refractivity contribution in [1.29, 1.82) is 0 Å². The van der Waals surface area contributed by atoms with Crippen molar-refractivity contribution in [3.8, 4) is 0 Å². The number of hydrogen-bond donors (Lipinski definition) is 1. The zero-order valence-electron chi connectivity index (χ0n) is 8.25. The monoisotopic (exact) mass is 182 g/mol. The molecule has 0 spiro atoms. The fourth-order valence-electron chi connectivity index (χ4n) is 3.09. The van der Waals surface area contributed by atoms with Crippen molar-refractivity contribution in [3.63, 3.8) is 0 Å². The van der Waals surface area contributed by atoms with Crippen LogP contribution in [0, 0.1) is 11.3 Å². The van der Waals surface area contributed by atoms with Gasteiger partial charge in [-0.15, -0.1) is 0 Å². The van der Waals surface area contributed by atoms with Crippen molar-refractivity contribution in [2.45, 2.75) is 51.6 Å². The van der Waals surface area contributed by atoms with Crippen LogP contribution in [0.15, 0.2) is 0 Å². The second-order valence-electron chi connectivity index (χ2n) is 4.82. The van der Waals surface area contributed by atoms with E-state index in [9.17, 15) is 9.90 Å². The molecule has 0 heterocycles. The normalized spacial score (nSPS) is 45.8. The summed E-state index contributed by atoms with van der Waals surface area (Å²) in [5.41, 5.74) is -0.0897. The van der Waals surface area contributed by atoms with Gasteiger partial charge in [0.2, 0.25) is 0 Å². The summed E-state index contributed by atoms with van der Waals surface area (Å²) in [5.74, 6) is 0.553. The Balaban J connectivity index is 2.24. The molecule has 2 rings (SSSR count). The lowest BCUT2D eigenvalue weighted by Gasteiger charge is -2.47. The van der Waals surface area contributed by atoms with E-state index in [1.807, 2.05) is 0 Å². The number of carbonyl (C=O) groups excluding carboxylic acids is 1. The van der Waals surface area contributed by atoms with Crippen LogP contribution in [0.25, 0.3) is 0 Å². The molecule has 0 aromatic carbocycles. The average molecular weight is 182 g/mol. The number of Topliss-reactive ketones (excluding diaryl/α,β-unsaturated/α-hetero) is 1. The largest absolute Gasteiger partial charge is 0.393 e. The third-order valence-electron chi connectivity index (χ3n) is 4.05. The minimum absolute atomic E-state index is 0.0897. The molecule has 0 amide bonds. The Bertz CT molecular complexity index is 224. The van der Waals surface area contributed by atoms with E-state index in [4.69, 9.17) is 0 Å². The zero-order valence-corrected chi connectivity index (χ0v) is 8.25. The van der Waals surface area contributed by atoms with E-state index in [0.29, 0.717) is 5.78 Å². The molecule has 74 valence electrons. The maximum absolute atomic E-state index is 11.7. The molecule has 13 heavy (non-hydrogen) atoms. The highest BCUT2D eigenvalue weighted by molar-refractivity contribution is 5.82. The summed E-state index contributed by atoms with van der Waals surface area (Å²) in [7, 11) is 0. The van der Waals surface area contributed by atoms with E-state index in [-0.39, 0.29) is 17.4 Å². The van der Waals surface area contributed by atoms with Gasteiger partial charge in [0, 0.05) is 17.8 Å². The lowest BCUT2D eigenvalue weighted by atomic mass is 9.59. The van der Waals surface area contributed by atoms with Crippen LogP contribution in [0.2, 0.25) is 0 Å². The first kappa shape index (κ1) is 9.20. The minimum Gasteiger partial charge on any atom is -0.393 e. The van der Waals surface area contributed by atoms with E-state index in [2.05, 4.69) is 6.92 Å². The van der Waals surface area contributed by atoms with E-state index >= 15 is 0 Å². The fraction of sp³-hybridized carbons (Fsp3) is 0.909. The van der Waals surface area contributed by atoms with Crippen molar-refractivity contribution < 1.29 is 9.90 Å². The van der Waals surface area contributed by atoms with Crippen molar-refractivity contribution in [2.24, 2.45) is 11.3 Å². The highest BCUT2D eigenvalue weighted by Gasteiger charge is 2.47. The molecule has 0 aliphatic heterocycles. The average Bonchev–Trinajstić information content (AvgIpc) is 2.08. The molecule has 0 aromatic rings. The van der Waals surface area contributed by atoms with Gasteiger partial charge in [-0.25, -0.2) is 0 Å². The van der Waals surface area contributed by atoms with Gasteiger partial charge < -0.3 is 5.11 Å². The second kappa shape index (κ2) is 3.09. The molecule has 0 bridgehead atoms. The van der Waals surface area contributed by atoms with Gasteiger partial charge in [0.15, 0.2) is 0 Å². The summed E-state index contributed by atoms with van der Waals surface area (Å²) in [5, 5.41) is 9.93. The van der Waals surface area contributed by atoms with Gasteiger partial charge in [-0.3, -0.25) is 4.79 Å². The Kier molecular flexibility index (Phi) is 2.18. The number of fused-ring (bicyclic) bond motifs is 1. The Labute approximate surface area is 79.3 Å². The Morgan fingerprint density at radius 2 is 2.15 bits per heavy atom. The van der Waals surface area contributed by atoms with Crippen LogP contribution >= 0.6 is 0 Å². The van der Waals surface area contributed by atoms with Crippen molar-refractivity contribution in [3.05, 3.63) is 0 Å². The standard InChI is InChI=1S/C11H18O2/c1-11-7-3-5-9(12)8(11)4-2-6-10(11)13/h8,10,13H,2-7H2,1H3/t8-,10+,11+/m1/s1. The van der Waals surface area contributed by atoms with Gasteiger partial charge in [0.1, 0.15) is 5.78 Å². The first-order valence-electron chi connectivity index (χ1n) is 5.35. The zero-order chi connectivity index (χ0) is 9.47. The summed E-state index contributed by atoms with van der Waals surface area (Å²) in [6, 6.07) is 0. The number of carbonyl (C=O) groups is 1. The van der Waals surface area contributed by atoms with Crippen LogP contribution in [0.1, 0.15) is 45.4 Å². The maximum atomic E-state index is 11.7. The van der Waals surface area contributed by atoms with E-state index in [0.717, 1.165) is 38.5 Å². The molecule has 0 aromatic heterocycles. The Morgan fingerprint density at radius 3 is 2.85 bits per heavy atom. The minimum atomic E-state index is -0.240. The summed E-state index contributed by atoms with van der Waals surface area (Å²) >= 11 is 0. The first-order valence-corrected chi connectivity index (χ1v) is 5.35. The molecule has 2 nitrogen and oxygen atoms in total. The van der Waals surface area contributed by atoms with Crippen LogP contribution in [-0.2, 0) is 4.79 Å². The molecular formula is C11H18O2. The number of hydrogen-bond acceptors (Lipinski definition) is 2. The number of rotatable bonds is 0. The molecule has 2 saturated carbocycles. The Morgan fingerprint density at radius 1 is 1.38 bits per heavy atom. The molecule has 2 aliphatic rings. The smallest absolute Gasteiger partial charge is 0.136 e. The van der Waals surface area contributed by atoms with E-state index in [1.165, 1.54) is 0 Å². The molecule has 0 radical (unpaired) electrons. The quantitative estimate of drug-likeness (QED) is 0.621. The summed E-state index contributed by atoms with van der Waals surface area (Å²) < 4.78 is 0. The van der Waals surface area contributed by atoms with Gasteiger partial charge in [0.25, 0.3) is 0 Å². The van der Waals surface area contributed by atoms with Crippen LogP contribution in [-0.4, -0.2) is 17.0 Å². The highest BCUT2D eigenvalue weighted by atomic mass is 16.3. The number of aliphatic hydroxyl groups excluding tert-OH is 1. The van der Waals surface area contributed by atoms with Gasteiger partial charge in [0.05, 0.1) is 6.10 Å². The predicted molar refractivity (Wildman–Crippen MR) is 50.3 cm³/mol. The fourth-order valence-corrected chi connectivity index (χ4v) is 3.09. The lowest BCUT2D eigenvalue weighted by molar-refractivity contribution is -0.140. The van der Waals surface area contributed by atoms with Gasteiger partial charge >= 0.3 is 0 Å². The molecule has 2 aliphatic carbocycles. The SMILES string of the molecule is C[C@]12CCCC(=O)[C@H]1CCC[C@@H]2O. The predicted octanol–water partition coefficient (Wildman–Crippen LogP) is 1.91. The van der Waals surface area contributed by atoms with Gasteiger partial charge in [-0.05, 0) is 25.7 Å². The molecular weight excluding hydrogens is 164 g/mol. The third-order valence-corrected chi connectivity index (χ3v) is 4.05. The van der Waals surface area contributed by atoms with Gasteiger partial charge in [-0.2, -0.15) is 0 Å². The van der Waals surface area contributed by atoms with Gasteiger partial charge in [-0.1, -0.05) is 13.3 Å². The number of aliphatic hydroxyl groups is 1. The highest BCUT2D eigenvalue weighted by Crippen LogP contribution is 2.48. The molecule has 2 fully saturated rings. The van der Waals surface area contributed by atoms with Crippen LogP contribution in [0.5, 0.6) is 0 Å². The van der Waals surface area contributed by atoms with Crippen LogP contribution in [0.3, 0.4) is 0 Å². The van der Waals surface area contributed by atoms with Crippen molar-refractivity contribution in [2.75, 3.05) is 0 Å². The molecule has 0 unspecified atom stereocenters. The van der Waals surface area contributed by atoms with Crippen molar-refractivity contribution in [1.82, 2.24) is 0 Å². The van der Waals surface area contributed by atoms with Crippen LogP contribution < -0.4 is 0 Å². The summed E-state index contributed by atoms with van der Waals surface area (Å²) in [6.07, 6.45) is 5.43. The van der Waals surface area contributed by atoms with Crippen molar-refractivity contribution >= 4 is 5.78 Å². The second-order valence-corrected chi connectivity index (χ2v) is 4.82.